The van der Waals surface area contributed by atoms with Crippen molar-refractivity contribution in [2.24, 2.45) is 0 Å². The van der Waals surface area contributed by atoms with Gasteiger partial charge in [0.15, 0.2) is 0 Å². The first-order valence-corrected chi connectivity index (χ1v) is 8.68. The lowest BCUT2D eigenvalue weighted by Gasteiger charge is -2.36. The second kappa shape index (κ2) is 7.79. The first-order valence-electron chi connectivity index (χ1n) is 8.68. The molecule has 0 aromatic heterocycles. The molecule has 0 radical (unpaired) electrons. The fourth-order valence-corrected chi connectivity index (χ4v) is 3.44. The van der Waals surface area contributed by atoms with E-state index >= 15 is 0 Å². The number of nitro groups is 1. The van der Waals surface area contributed by atoms with Crippen molar-refractivity contribution in [3.8, 4) is 0 Å². The average molecular weight is 374 g/mol. The summed E-state index contributed by atoms with van der Waals surface area (Å²) in [6.45, 7) is 2.52. The highest BCUT2D eigenvalue weighted by atomic mass is 19.4. The summed E-state index contributed by atoms with van der Waals surface area (Å²) in [5.41, 5.74) is -1.77. The van der Waals surface area contributed by atoms with E-state index in [0.29, 0.717) is 32.0 Å². The molecule has 0 aliphatic carbocycles. The number of rotatable bonds is 4. The van der Waals surface area contributed by atoms with Crippen LogP contribution >= 0.6 is 0 Å². The molecule has 0 bridgehead atoms. The van der Waals surface area contributed by atoms with E-state index in [1.807, 2.05) is 4.90 Å². The molecular formula is C17H21F3N2O4. The van der Waals surface area contributed by atoms with Gasteiger partial charge >= 0.3 is 6.18 Å². The van der Waals surface area contributed by atoms with Gasteiger partial charge in [0.1, 0.15) is 5.56 Å². The lowest BCUT2D eigenvalue weighted by molar-refractivity contribution is -0.388. The molecule has 2 aliphatic rings. The van der Waals surface area contributed by atoms with Crippen LogP contribution in [0.2, 0.25) is 0 Å². The average Bonchev–Trinajstić information content (AvgIpc) is 2.62. The highest BCUT2D eigenvalue weighted by molar-refractivity contribution is 5.57. The molecule has 26 heavy (non-hydrogen) atoms. The predicted octanol–water partition coefficient (Wildman–Crippen LogP) is 3.78. The number of ether oxygens (including phenoxy) is 2. The summed E-state index contributed by atoms with van der Waals surface area (Å²) in [4.78, 5) is 11.7. The molecule has 2 aliphatic heterocycles. The van der Waals surface area contributed by atoms with E-state index in [1.54, 1.807) is 0 Å². The molecule has 2 saturated heterocycles. The van der Waals surface area contributed by atoms with Crippen LogP contribution < -0.4 is 4.90 Å². The maximum atomic E-state index is 13.1. The second-order valence-electron chi connectivity index (χ2n) is 6.59. The van der Waals surface area contributed by atoms with Gasteiger partial charge in [0, 0.05) is 38.1 Å². The van der Waals surface area contributed by atoms with Crippen LogP contribution in [-0.4, -0.2) is 43.4 Å². The van der Waals surface area contributed by atoms with E-state index in [-0.39, 0.29) is 12.2 Å². The van der Waals surface area contributed by atoms with Gasteiger partial charge in [0.2, 0.25) is 0 Å². The van der Waals surface area contributed by atoms with Crippen LogP contribution in [0.3, 0.4) is 0 Å². The molecule has 9 heteroatoms. The second-order valence-corrected chi connectivity index (χ2v) is 6.59. The quantitative estimate of drug-likeness (QED) is 0.593. The largest absolute Gasteiger partial charge is 0.423 e. The SMILES string of the molecule is O=[N+]([O-])c1ccc(N2CCC(OC3CCOCC3)CC2)cc1C(F)(F)F. The first kappa shape index (κ1) is 18.9. The lowest BCUT2D eigenvalue weighted by atomic mass is 10.0. The van der Waals surface area contributed by atoms with Crippen molar-refractivity contribution in [3.63, 3.8) is 0 Å². The molecule has 1 aromatic carbocycles. The van der Waals surface area contributed by atoms with Gasteiger partial charge < -0.3 is 14.4 Å². The minimum Gasteiger partial charge on any atom is -0.381 e. The van der Waals surface area contributed by atoms with E-state index in [1.165, 1.54) is 6.07 Å². The highest BCUT2D eigenvalue weighted by Crippen LogP contribution is 2.38. The van der Waals surface area contributed by atoms with Gasteiger partial charge in [-0.2, -0.15) is 13.2 Å². The van der Waals surface area contributed by atoms with Crippen molar-refractivity contribution in [2.45, 2.75) is 44.1 Å². The number of nitrogens with zero attached hydrogens (tertiary/aromatic N) is 2. The van der Waals surface area contributed by atoms with Gasteiger partial charge in [0.25, 0.3) is 5.69 Å². The molecule has 0 atom stereocenters. The normalized spacial score (nSPS) is 20.3. The van der Waals surface area contributed by atoms with Crippen molar-refractivity contribution in [2.75, 3.05) is 31.2 Å². The third-order valence-corrected chi connectivity index (χ3v) is 4.84. The molecule has 6 nitrogen and oxygen atoms in total. The van der Waals surface area contributed by atoms with Crippen LogP contribution in [0.1, 0.15) is 31.2 Å². The summed E-state index contributed by atoms with van der Waals surface area (Å²) in [6.07, 6.45) is -1.30. The zero-order chi connectivity index (χ0) is 18.7. The van der Waals surface area contributed by atoms with E-state index in [0.717, 1.165) is 37.8 Å². The summed E-state index contributed by atoms with van der Waals surface area (Å²) >= 11 is 0. The fraction of sp³-hybridized carbons (Fsp3) is 0.647. The van der Waals surface area contributed by atoms with Crippen molar-refractivity contribution >= 4 is 11.4 Å². The van der Waals surface area contributed by atoms with Gasteiger partial charge in [-0.1, -0.05) is 0 Å². The number of alkyl halides is 3. The van der Waals surface area contributed by atoms with E-state index in [2.05, 4.69) is 0 Å². The Balaban J connectivity index is 1.64. The molecule has 1 aromatic rings. The molecule has 3 rings (SSSR count). The van der Waals surface area contributed by atoms with E-state index in [4.69, 9.17) is 9.47 Å². The molecule has 0 saturated carbocycles. The van der Waals surface area contributed by atoms with Crippen LogP contribution in [0.25, 0.3) is 0 Å². The van der Waals surface area contributed by atoms with Crippen molar-refractivity contribution in [3.05, 3.63) is 33.9 Å². The Morgan fingerprint density at radius 2 is 1.73 bits per heavy atom. The molecule has 2 heterocycles. The summed E-state index contributed by atoms with van der Waals surface area (Å²) in [5.74, 6) is 0. The van der Waals surface area contributed by atoms with Crippen LogP contribution in [0.4, 0.5) is 24.5 Å². The molecule has 0 N–H and O–H groups in total. The standard InChI is InChI=1S/C17H21F3N2O4/c18-17(19,20)15-11-12(1-2-16(15)22(23)24)21-7-3-13(4-8-21)26-14-5-9-25-10-6-14/h1-2,11,13-14H,3-10H2. The van der Waals surface area contributed by atoms with Crippen LogP contribution in [0.15, 0.2) is 18.2 Å². The van der Waals surface area contributed by atoms with Gasteiger partial charge in [-0.15, -0.1) is 0 Å². The van der Waals surface area contributed by atoms with Crippen molar-refractivity contribution in [1.82, 2.24) is 0 Å². The maximum Gasteiger partial charge on any atom is 0.423 e. The minimum atomic E-state index is -4.76. The Hall–Kier alpha value is -1.87. The van der Waals surface area contributed by atoms with Crippen molar-refractivity contribution < 1.29 is 27.6 Å². The summed E-state index contributed by atoms with van der Waals surface area (Å²) in [7, 11) is 0. The van der Waals surface area contributed by atoms with Crippen LogP contribution in [-0.2, 0) is 15.7 Å². The number of anilines is 1. The summed E-state index contributed by atoms with van der Waals surface area (Å²) in [6, 6.07) is 3.19. The number of halogens is 3. The van der Waals surface area contributed by atoms with Gasteiger partial charge in [-0.25, -0.2) is 0 Å². The number of nitro benzene ring substituents is 1. The Labute approximate surface area is 149 Å². The summed E-state index contributed by atoms with van der Waals surface area (Å²) < 4.78 is 50.7. The highest BCUT2D eigenvalue weighted by Gasteiger charge is 2.39. The molecule has 0 spiro atoms. The molecule has 0 unspecified atom stereocenters. The summed E-state index contributed by atoms with van der Waals surface area (Å²) in [5, 5.41) is 10.9. The number of hydrogen-bond donors (Lipinski definition) is 0. The van der Waals surface area contributed by atoms with E-state index < -0.39 is 22.4 Å². The fourth-order valence-electron chi connectivity index (χ4n) is 3.44. The topological polar surface area (TPSA) is 64.8 Å². The van der Waals surface area contributed by atoms with Gasteiger partial charge in [-0.05, 0) is 37.8 Å². The molecule has 0 amide bonds. The molecular weight excluding hydrogens is 353 g/mol. The first-order chi connectivity index (χ1) is 12.3. The Morgan fingerprint density at radius 3 is 2.31 bits per heavy atom. The van der Waals surface area contributed by atoms with Crippen molar-refractivity contribution in [1.29, 1.82) is 0 Å². The van der Waals surface area contributed by atoms with Crippen LogP contribution in [0.5, 0.6) is 0 Å². The predicted molar refractivity (Wildman–Crippen MR) is 88.3 cm³/mol. The number of benzene rings is 1. The minimum absolute atomic E-state index is 0.0921. The third-order valence-electron chi connectivity index (χ3n) is 4.84. The monoisotopic (exact) mass is 374 g/mol. The van der Waals surface area contributed by atoms with Gasteiger partial charge in [-0.3, -0.25) is 10.1 Å². The van der Waals surface area contributed by atoms with Gasteiger partial charge in [0.05, 0.1) is 17.1 Å². The van der Waals surface area contributed by atoms with E-state index in [9.17, 15) is 23.3 Å². The number of piperidine rings is 1. The Bertz CT molecular complexity index is 639. The smallest absolute Gasteiger partial charge is 0.381 e. The third kappa shape index (κ3) is 4.45. The zero-order valence-electron chi connectivity index (χ0n) is 14.2. The zero-order valence-corrected chi connectivity index (χ0v) is 14.2. The molecule has 144 valence electrons. The van der Waals surface area contributed by atoms with Crippen LogP contribution in [0, 0.1) is 10.1 Å². The lowest BCUT2D eigenvalue weighted by Crippen LogP contribution is -2.39. The Kier molecular flexibility index (Phi) is 5.67. The number of hydrogen-bond acceptors (Lipinski definition) is 5. The maximum absolute atomic E-state index is 13.1. The Morgan fingerprint density at radius 1 is 1.12 bits per heavy atom. The molecule has 2 fully saturated rings.